The molecule has 0 spiro atoms. The number of ether oxygens (including phenoxy) is 1. The Kier molecular flexibility index (Phi) is 6.70. The number of benzene rings is 2. The van der Waals surface area contributed by atoms with Crippen molar-refractivity contribution in [2.24, 2.45) is 0 Å². The normalized spacial score (nSPS) is 10.9. The van der Waals surface area contributed by atoms with Gasteiger partial charge in [0.05, 0.1) is 21.0 Å². The van der Waals surface area contributed by atoms with Gasteiger partial charge < -0.3 is 9.84 Å². The first-order valence-corrected chi connectivity index (χ1v) is 8.89. The minimum atomic E-state index is -1.13. The van der Waals surface area contributed by atoms with Gasteiger partial charge in [0.25, 0.3) is 5.69 Å². The van der Waals surface area contributed by atoms with Crippen LogP contribution >= 0.6 is 38.5 Å². The Morgan fingerprint density at radius 2 is 2.15 bits per heavy atom. The Labute approximate surface area is 170 Å². The molecule has 0 aromatic heterocycles. The first kappa shape index (κ1) is 19.9. The minimum absolute atomic E-state index is 0.130. The molecule has 0 saturated carbocycles. The highest BCUT2D eigenvalue weighted by Gasteiger charge is 2.14. The molecule has 0 atom stereocenters. The van der Waals surface area contributed by atoms with E-state index in [9.17, 15) is 20.2 Å². The quantitative estimate of drug-likeness (QED) is 0.194. The van der Waals surface area contributed by atoms with Crippen molar-refractivity contribution >= 4 is 61.8 Å². The lowest BCUT2D eigenvalue weighted by molar-refractivity contribution is -0.384. The number of nitriles is 1. The number of rotatable bonds is 6. The molecule has 0 aliphatic rings. The van der Waals surface area contributed by atoms with Crippen LogP contribution in [0.3, 0.4) is 0 Å². The summed E-state index contributed by atoms with van der Waals surface area (Å²) in [5.74, 6) is -0.865. The second kappa shape index (κ2) is 8.77. The molecule has 0 radical (unpaired) electrons. The second-order valence-electron chi connectivity index (χ2n) is 4.97. The van der Waals surface area contributed by atoms with Crippen LogP contribution in [0.5, 0.6) is 5.75 Å². The van der Waals surface area contributed by atoms with Gasteiger partial charge in [-0.15, -0.1) is 0 Å². The molecule has 1 N–H and O–H groups in total. The van der Waals surface area contributed by atoms with Gasteiger partial charge in [0, 0.05) is 21.3 Å². The molecule has 0 aliphatic carbocycles. The molecule has 2 aromatic rings. The lowest BCUT2D eigenvalue weighted by Crippen LogP contribution is -2.10. The maximum atomic E-state index is 10.9. The Hall–Kier alpha value is -2.45. The number of carboxylic acids is 1. The topological polar surface area (TPSA) is 113 Å². The van der Waals surface area contributed by atoms with Crippen molar-refractivity contribution in [1.82, 2.24) is 0 Å². The fourth-order valence-corrected chi connectivity index (χ4v) is 3.76. The highest BCUT2D eigenvalue weighted by molar-refractivity contribution is 14.1. The molecule has 0 bridgehead atoms. The summed E-state index contributed by atoms with van der Waals surface area (Å²) in [5, 5.41) is 29.2. The molecule has 9 heteroatoms. The smallest absolute Gasteiger partial charge is 0.341 e. The SMILES string of the molecule is N#C/C(=C/c1cc(I)cc(Br)c1OCC(=O)O)c1cccc([N+](=O)[O-])c1. The van der Waals surface area contributed by atoms with Gasteiger partial charge in [0.1, 0.15) is 5.75 Å². The predicted molar refractivity (Wildman–Crippen MR) is 107 cm³/mol. The van der Waals surface area contributed by atoms with Crippen LogP contribution in [0.2, 0.25) is 0 Å². The van der Waals surface area contributed by atoms with Gasteiger partial charge in [0.15, 0.2) is 6.61 Å². The number of nitro benzene ring substituents is 1. The van der Waals surface area contributed by atoms with Gasteiger partial charge in [0.2, 0.25) is 0 Å². The molecule has 0 aliphatic heterocycles. The summed E-state index contributed by atoms with van der Waals surface area (Å²) in [6, 6.07) is 11.2. The summed E-state index contributed by atoms with van der Waals surface area (Å²) < 4.78 is 6.68. The number of aliphatic carboxylic acids is 1. The van der Waals surface area contributed by atoms with E-state index in [-0.39, 0.29) is 17.0 Å². The fourth-order valence-electron chi connectivity index (χ4n) is 2.10. The summed E-state index contributed by atoms with van der Waals surface area (Å²) in [6.45, 7) is -0.543. The van der Waals surface area contributed by atoms with Crippen LogP contribution in [-0.2, 0) is 4.79 Å². The van der Waals surface area contributed by atoms with Gasteiger partial charge in [-0.1, -0.05) is 12.1 Å². The standard InChI is InChI=1S/C17H10BrIN2O5/c18-15-7-13(19)5-11(17(15)26-9-16(22)23)4-12(8-20)10-2-1-3-14(6-10)21(24)25/h1-7H,9H2,(H,22,23)/b12-4-. The third-order valence-corrected chi connectivity index (χ3v) is 4.38. The highest BCUT2D eigenvalue weighted by atomic mass is 127. The molecule has 0 saturated heterocycles. The highest BCUT2D eigenvalue weighted by Crippen LogP contribution is 2.34. The molecule has 132 valence electrons. The summed E-state index contributed by atoms with van der Waals surface area (Å²) in [7, 11) is 0. The van der Waals surface area contributed by atoms with E-state index >= 15 is 0 Å². The lowest BCUT2D eigenvalue weighted by Gasteiger charge is -2.11. The summed E-state index contributed by atoms with van der Waals surface area (Å²) in [6.07, 6.45) is 1.50. The zero-order chi connectivity index (χ0) is 19.3. The monoisotopic (exact) mass is 528 g/mol. The largest absolute Gasteiger partial charge is 0.480 e. The Bertz CT molecular complexity index is 953. The van der Waals surface area contributed by atoms with E-state index in [0.29, 0.717) is 15.6 Å². The maximum Gasteiger partial charge on any atom is 0.341 e. The van der Waals surface area contributed by atoms with Crippen LogP contribution < -0.4 is 4.74 Å². The van der Waals surface area contributed by atoms with Crippen molar-refractivity contribution in [2.45, 2.75) is 0 Å². The number of halogens is 2. The van der Waals surface area contributed by atoms with Crippen molar-refractivity contribution in [3.8, 4) is 11.8 Å². The van der Waals surface area contributed by atoms with Crippen LogP contribution in [-0.4, -0.2) is 22.6 Å². The number of hydrogen-bond acceptors (Lipinski definition) is 5. The number of allylic oxidation sites excluding steroid dienone is 1. The Morgan fingerprint density at radius 3 is 2.77 bits per heavy atom. The third kappa shape index (κ3) is 5.03. The van der Waals surface area contributed by atoms with Crippen molar-refractivity contribution in [3.05, 3.63) is 65.7 Å². The first-order valence-electron chi connectivity index (χ1n) is 7.02. The van der Waals surface area contributed by atoms with Gasteiger partial charge >= 0.3 is 5.97 Å². The second-order valence-corrected chi connectivity index (χ2v) is 7.07. The number of carbonyl (C=O) groups is 1. The van der Waals surface area contributed by atoms with Crippen molar-refractivity contribution < 1.29 is 19.6 Å². The summed E-state index contributed by atoms with van der Waals surface area (Å²) in [4.78, 5) is 21.2. The molecule has 0 heterocycles. The van der Waals surface area contributed by atoms with Crippen LogP contribution in [0.15, 0.2) is 40.9 Å². The molecular weight excluding hydrogens is 519 g/mol. The van der Waals surface area contributed by atoms with Gasteiger partial charge in [-0.25, -0.2) is 4.79 Å². The fraction of sp³-hybridized carbons (Fsp3) is 0.0588. The van der Waals surface area contributed by atoms with Crippen LogP contribution in [0, 0.1) is 25.0 Å². The average Bonchev–Trinajstić information content (AvgIpc) is 2.58. The number of hydrogen-bond donors (Lipinski definition) is 1. The maximum absolute atomic E-state index is 10.9. The lowest BCUT2D eigenvalue weighted by atomic mass is 10.0. The first-order chi connectivity index (χ1) is 12.3. The molecule has 2 aromatic carbocycles. The van der Waals surface area contributed by atoms with Crippen molar-refractivity contribution in [3.63, 3.8) is 0 Å². The van der Waals surface area contributed by atoms with Crippen molar-refractivity contribution in [1.29, 1.82) is 5.26 Å². The van der Waals surface area contributed by atoms with E-state index in [1.807, 2.05) is 6.07 Å². The summed E-state index contributed by atoms with van der Waals surface area (Å²) in [5.41, 5.74) is 0.909. The Morgan fingerprint density at radius 1 is 1.42 bits per heavy atom. The van der Waals surface area contributed by atoms with Gasteiger partial charge in [-0.2, -0.15) is 5.26 Å². The zero-order valence-corrected chi connectivity index (χ0v) is 16.7. The molecule has 0 amide bonds. The predicted octanol–water partition coefficient (Wildman–Crippen LogP) is 4.49. The molecule has 26 heavy (non-hydrogen) atoms. The zero-order valence-electron chi connectivity index (χ0n) is 13.0. The summed E-state index contributed by atoms with van der Waals surface area (Å²) >= 11 is 5.40. The van der Waals surface area contributed by atoms with E-state index in [4.69, 9.17) is 9.84 Å². The minimum Gasteiger partial charge on any atom is -0.480 e. The molecule has 2 rings (SSSR count). The van der Waals surface area contributed by atoms with E-state index < -0.39 is 17.5 Å². The van der Waals surface area contributed by atoms with Crippen LogP contribution in [0.1, 0.15) is 11.1 Å². The average molecular weight is 529 g/mol. The number of nitrogens with zero attached hydrogens (tertiary/aromatic N) is 2. The molecular formula is C17H10BrIN2O5. The van der Waals surface area contributed by atoms with E-state index in [1.165, 1.54) is 24.3 Å². The molecule has 0 unspecified atom stereocenters. The van der Waals surface area contributed by atoms with E-state index in [2.05, 4.69) is 38.5 Å². The Balaban J connectivity index is 2.55. The van der Waals surface area contributed by atoms with Crippen molar-refractivity contribution in [2.75, 3.05) is 6.61 Å². The number of non-ortho nitro benzene ring substituents is 1. The van der Waals surface area contributed by atoms with Crippen LogP contribution in [0.4, 0.5) is 5.69 Å². The number of carboxylic acid groups (broad SMARTS) is 1. The van der Waals surface area contributed by atoms with Gasteiger partial charge in [-0.3, -0.25) is 10.1 Å². The number of nitro groups is 1. The van der Waals surface area contributed by atoms with E-state index in [1.54, 1.807) is 18.2 Å². The van der Waals surface area contributed by atoms with Crippen LogP contribution in [0.25, 0.3) is 11.6 Å². The van der Waals surface area contributed by atoms with E-state index in [0.717, 1.165) is 3.57 Å². The third-order valence-electron chi connectivity index (χ3n) is 3.17. The van der Waals surface area contributed by atoms with Gasteiger partial charge in [-0.05, 0) is 62.3 Å². The molecule has 0 fully saturated rings. The molecule has 7 nitrogen and oxygen atoms in total.